The number of fused-ring (bicyclic) bond motifs is 4. The third kappa shape index (κ3) is 5.38. The molecule has 4 aliphatic heterocycles. The van der Waals surface area contributed by atoms with E-state index in [9.17, 15) is 22.8 Å². The number of hydrogen-bond donors (Lipinski definition) is 0. The van der Waals surface area contributed by atoms with Gasteiger partial charge in [0.15, 0.2) is 0 Å². The molecule has 234 valence electrons. The lowest BCUT2D eigenvalue weighted by Gasteiger charge is -2.62. The maximum absolute atomic E-state index is 14.1. The SMILES string of the molecule is C=CCO[C@H]1C[C@H]2CC[C@@H]1N(C(=O)OC(C)(C)C)[C@H]2C(=O)N1CC2(C1)CN(c1c(C(F)(F)F)cnc3sc(CC)cc13)C2. The zero-order valence-corrected chi connectivity index (χ0v) is 25.9. The molecule has 7 rings (SSSR count). The molecule has 0 unspecified atom stereocenters. The van der Waals surface area contributed by atoms with Gasteiger partial charge < -0.3 is 19.3 Å². The number of rotatable bonds is 6. The molecule has 4 atom stereocenters. The predicted molar refractivity (Wildman–Crippen MR) is 158 cm³/mol. The second-order valence-corrected chi connectivity index (χ2v) is 14.6. The first-order valence-corrected chi connectivity index (χ1v) is 15.8. The smallest absolute Gasteiger partial charge is 0.419 e. The monoisotopic (exact) mass is 620 g/mol. The third-order valence-corrected chi connectivity index (χ3v) is 10.3. The number of hydrogen-bond acceptors (Lipinski definition) is 7. The van der Waals surface area contributed by atoms with Crippen LogP contribution in [0.15, 0.2) is 24.9 Å². The average Bonchev–Trinajstić information content (AvgIpc) is 3.32. The van der Waals surface area contributed by atoms with Gasteiger partial charge >= 0.3 is 12.3 Å². The topological polar surface area (TPSA) is 75.2 Å². The van der Waals surface area contributed by atoms with Crippen molar-refractivity contribution in [3.8, 4) is 0 Å². The van der Waals surface area contributed by atoms with E-state index in [1.807, 2.05) is 13.0 Å². The maximum atomic E-state index is 14.1. The molecular formula is C31H39F3N4O4S. The number of aromatic nitrogens is 1. The Hall–Kier alpha value is -2.86. The molecule has 5 fully saturated rings. The molecule has 0 radical (unpaired) electrons. The Morgan fingerprint density at radius 2 is 1.91 bits per heavy atom. The summed E-state index contributed by atoms with van der Waals surface area (Å²) < 4.78 is 53.9. The Bertz CT molecular complexity index is 1420. The predicted octanol–water partition coefficient (Wildman–Crippen LogP) is 5.89. The second kappa shape index (κ2) is 10.6. The number of pyridine rings is 1. The van der Waals surface area contributed by atoms with Gasteiger partial charge in [0, 0.05) is 48.1 Å². The number of alkyl halides is 3. The number of halogens is 3. The Kier molecular flexibility index (Phi) is 7.47. The molecule has 6 heterocycles. The number of carbonyl (C=O) groups excluding carboxylic acids is 2. The minimum absolute atomic E-state index is 0.0555. The summed E-state index contributed by atoms with van der Waals surface area (Å²) in [6.45, 7) is 13.2. The number of anilines is 1. The van der Waals surface area contributed by atoms with E-state index in [0.717, 1.165) is 30.3 Å². The van der Waals surface area contributed by atoms with Crippen LogP contribution in [-0.2, 0) is 26.9 Å². The van der Waals surface area contributed by atoms with Crippen LogP contribution in [0.2, 0.25) is 0 Å². The second-order valence-electron chi connectivity index (χ2n) is 13.5. The first kappa shape index (κ1) is 30.2. The number of piperidine rings is 2. The van der Waals surface area contributed by atoms with Crippen LogP contribution in [0.1, 0.15) is 57.4 Å². The van der Waals surface area contributed by atoms with E-state index in [-0.39, 0.29) is 35.1 Å². The fraction of sp³-hybridized carbons (Fsp3) is 0.645. The molecule has 2 bridgehead atoms. The average molecular weight is 621 g/mol. The van der Waals surface area contributed by atoms with Crippen molar-refractivity contribution < 1.29 is 32.2 Å². The van der Waals surface area contributed by atoms with Gasteiger partial charge in [-0.3, -0.25) is 9.69 Å². The van der Waals surface area contributed by atoms with Gasteiger partial charge in [0.25, 0.3) is 0 Å². The van der Waals surface area contributed by atoms with Crippen LogP contribution in [0.5, 0.6) is 0 Å². The van der Waals surface area contributed by atoms with Gasteiger partial charge in [-0.15, -0.1) is 17.9 Å². The number of carbonyl (C=O) groups is 2. The van der Waals surface area contributed by atoms with E-state index in [2.05, 4.69) is 11.6 Å². The van der Waals surface area contributed by atoms with Crippen molar-refractivity contribution in [3.05, 3.63) is 35.4 Å². The van der Waals surface area contributed by atoms with Gasteiger partial charge in [-0.1, -0.05) is 13.0 Å². The van der Waals surface area contributed by atoms with Crippen LogP contribution in [0.3, 0.4) is 0 Å². The molecule has 4 saturated heterocycles. The van der Waals surface area contributed by atoms with Crippen LogP contribution >= 0.6 is 11.3 Å². The van der Waals surface area contributed by atoms with E-state index >= 15 is 0 Å². The molecule has 5 aliphatic rings. The molecule has 2 aromatic heterocycles. The van der Waals surface area contributed by atoms with Crippen LogP contribution in [0, 0.1) is 11.3 Å². The fourth-order valence-electron chi connectivity index (χ4n) is 7.41. The Balaban J connectivity index is 1.18. The summed E-state index contributed by atoms with van der Waals surface area (Å²) in [7, 11) is 0. The van der Waals surface area contributed by atoms with Gasteiger partial charge in [0.1, 0.15) is 16.5 Å². The highest BCUT2D eigenvalue weighted by atomic mass is 32.1. The largest absolute Gasteiger partial charge is 0.444 e. The number of likely N-dealkylation sites (tertiary alicyclic amines) is 1. The number of aryl methyl sites for hydroxylation is 1. The molecule has 2 amide bonds. The summed E-state index contributed by atoms with van der Waals surface area (Å²) in [6, 6.07) is 0.923. The summed E-state index contributed by atoms with van der Waals surface area (Å²) in [5.41, 5.74) is -1.52. The van der Waals surface area contributed by atoms with Crippen molar-refractivity contribution in [2.24, 2.45) is 11.3 Å². The lowest BCUT2D eigenvalue weighted by Crippen LogP contribution is -2.76. The number of nitrogens with zero attached hydrogens (tertiary/aromatic N) is 4. The van der Waals surface area contributed by atoms with E-state index in [1.165, 1.54) is 11.3 Å². The van der Waals surface area contributed by atoms with Crippen LogP contribution in [-0.4, -0.2) is 83.4 Å². The molecule has 8 nitrogen and oxygen atoms in total. The fourth-order valence-corrected chi connectivity index (χ4v) is 8.35. The number of amides is 2. The first-order chi connectivity index (χ1) is 20.2. The van der Waals surface area contributed by atoms with E-state index in [1.54, 1.807) is 41.5 Å². The highest BCUT2D eigenvalue weighted by Crippen LogP contribution is 2.50. The molecule has 1 aliphatic carbocycles. The summed E-state index contributed by atoms with van der Waals surface area (Å²) >= 11 is 1.42. The Labute approximate surface area is 253 Å². The molecule has 2 aromatic rings. The van der Waals surface area contributed by atoms with Crippen molar-refractivity contribution in [2.45, 2.75) is 83.3 Å². The standard InChI is InChI=1S/C31H39F3N4O4S/c1-6-10-41-23-11-18-8-9-22(23)38(28(40)42-29(3,4)5)24(18)27(39)37-16-30(17-37)14-36(15-30)25-20-12-19(7-2)43-26(20)35-13-21(25)31(32,33)34/h6,12-13,18,22-24H,1,7-11,14-17H2,2-5H3/t18-,22+,23+,24-/m1/s1. The molecule has 0 aromatic carbocycles. The van der Waals surface area contributed by atoms with Crippen LogP contribution in [0.25, 0.3) is 10.2 Å². The minimum Gasteiger partial charge on any atom is -0.444 e. The van der Waals surface area contributed by atoms with Crippen LogP contribution in [0.4, 0.5) is 23.7 Å². The zero-order valence-electron chi connectivity index (χ0n) is 25.1. The van der Waals surface area contributed by atoms with Crippen molar-refractivity contribution in [2.75, 3.05) is 37.7 Å². The van der Waals surface area contributed by atoms with Crippen molar-refractivity contribution in [1.29, 1.82) is 0 Å². The summed E-state index contributed by atoms with van der Waals surface area (Å²) in [4.78, 5) is 38.4. The molecular weight excluding hydrogens is 581 g/mol. The van der Waals surface area contributed by atoms with Crippen LogP contribution < -0.4 is 4.90 Å². The van der Waals surface area contributed by atoms with Crippen molar-refractivity contribution in [3.63, 3.8) is 0 Å². The zero-order chi connectivity index (χ0) is 30.9. The molecule has 43 heavy (non-hydrogen) atoms. The van der Waals surface area contributed by atoms with E-state index < -0.39 is 29.5 Å². The summed E-state index contributed by atoms with van der Waals surface area (Å²) in [5.74, 6) is -0.167. The quantitative estimate of drug-likeness (QED) is 0.376. The lowest BCUT2D eigenvalue weighted by atomic mass is 9.69. The molecule has 1 saturated carbocycles. The van der Waals surface area contributed by atoms with Gasteiger partial charge in [-0.05, 0) is 58.4 Å². The van der Waals surface area contributed by atoms with Crippen molar-refractivity contribution >= 4 is 39.2 Å². The van der Waals surface area contributed by atoms with Crippen molar-refractivity contribution in [1.82, 2.24) is 14.8 Å². The minimum atomic E-state index is -4.52. The Morgan fingerprint density at radius 3 is 2.53 bits per heavy atom. The molecule has 0 N–H and O–H groups in total. The number of thiophene rings is 1. The normalized spacial score (nSPS) is 26.4. The molecule has 1 spiro atoms. The maximum Gasteiger partial charge on any atom is 0.419 e. The third-order valence-electron chi connectivity index (χ3n) is 9.16. The van der Waals surface area contributed by atoms with E-state index in [4.69, 9.17) is 9.47 Å². The van der Waals surface area contributed by atoms with Gasteiger partial charge in [-0.2, -0.15) is 13.2 Å². The van der Waals surface area contributed by atoms with Gasteiger partial charge in [-0.25, -0.2) is 9.78 Å². The summed E-state index contributed by atoms with van der Waals surface area (Å²) in [6.07, 6.45) is 0.367. The highest BCUT2D eigenvalue weighted by Gasteiger charge is 2.59. The van der Waals surface area contributed by atoms with Gasteiger partial charge in [0.05, 0.1) is 30.0 Å². The summed E-state index contributed by atoms with van der Waals surface area (Å²) in [5, 5.41) is 0.540. The molecule has 12 heteroatoms. The number of ether oxygens (including phenoxy) is 2. The Morgan fingerprint density at radius 1 is 1.19 bits per heavy atom. The first-order valence-electron chi connectivity index (χ1n) is 15.0. The van der Waals surface area contributed by atoms with E-state index in [0.29, 0.717) is 49.4 Å². The lowest BCUT2D eigenvalue weighted by molar-refractivity contribution is -0.167. The van der Waals surface area contributed by atoms with Gasteiger partial charge in [0.2, 0.25) is 5.91 Å². The highest BCUT2D eigenvalue weighted by molar-refractivity contribution is 7.18.